The van der Waals surface area contributed by atoms with E-state index in [1.165, 1.54) is 7.11 Å². The summed E-state index contributed by atoms with van der Waals surface area (Å²) in [5.74, 6) is -0.147. The van der Waals surface area contributed by atoms with Crippen LogP contribution in [0.3, 0.4) is 0 Å². The number of likely N-dealkylation sites (tertiary alicyclic amines) is 1. The summed E-state index contributed by atoms with van der Waals surface area (Å²) in [5.41, 5.74) is 1.85. The second-order valence-corrected chi connectivity index (χ2v) is 5.98. The average Bonchev–Trinajstić information content (AvgIpc) is 2.57. The monoisotopic (exact) mass is 299 g/mol. The van der Waals surface area contributed by atoms with E-state index in [9.17, 15) is 9.59 Å². The van der Waals surface area contributed by atoms with Crippen LogP contribution in [0.15, 0.2) is 42.0 Å². The smallest absolute Gasteiger partial charge is 0.333 e. The highest BCUT2D eigenvalue weighted by Crippen LogP contribution is 2.38. The van der Waals surface area contributed by atoms with E-state index in [0.717, 1.165) is 24.8 Å². The van der Waals surface area contributed by atoms with Crippen molar-refractivity contribution in [1.29, 1.82) is 0 Å². The number of ether oxygens (including phenoxy) is 1. The van der Waals surface area contributed by atoms with E-state index in [4.69, 9.17) is 4.74 Å². The summed E-state index contributed by atoms with van der Waals surface area (Å²) in [4.78, 5) is 26.6. The van der Waals surface area contributed by atoms with Gasteiger partial charge in [-0.1, -0.05) is 36.4 Å². The third kappa shape index (κ3) is 2.78. The van der Waals surface area contributed by atoms with Crippen LogP contribution < -0.4 is 0 Å². The van der Waals surface area contributed by atoms with Crippen LogP contribution in [0.2, 0.25) is 0 Å². The number of carbonyl (C=O) groups is 2. The Kier molecular flexibility index (Phi) is 4.27. The molecular formula is C18H21NO3. The zero-order valence-corrected chi connectivity index (χ0v) is 12.8. The predicted octanol–water partition coefficient (Wildman–Crippen LogP) is 2.54. The van der Waals surface area contributed by atoms with E-state index >= 15 is 0 Å². The van der Waals surface area contributed by atoms with Crippen LogP contribution in [0.1, 0.15) is 24.8 Å². The number of fused-ring (bicyclic) bond motifs is 1. The van der Waals surface area contributed by atoms with Gasteiger partial charge in [0.05, 0.1) is 7.11 Å². The second-order valence-electron chi connectivity index (χ2n) is 5.98. The highest BCUT2D eigenvalue weighted by molar-refractivity contribution is 5.91. The summed E-state index contributed by atoms with van der Waals surface area (Å²) in [5, 5.41) is 0. The second kappa shape index (κ2) is 6.34. The molecule has 4 nitrogen and oxygen atoms in total. The standard InChI is InChI=1S/C18H21NO3/c1-22-18(21)16-9-5-8-15-14(16)10-11-19(17(15)20)12-13-6-3-2-4-7-13/h2-4,6-7,9,14-15H,5,8,10-12H2,1H3/t14-,15-/m0/s1. The molecule has 0 spiro atoms. The lowest BCUT2D eigenvalue weighted by Gasteiger charge is -2.40. The van der Waals surface area contributed by atoms with Gasteiger partial charge >= 0.3 is 5.97 Å². The van der Waals surface area contributed by atoms with E-state index in [1.807, 2.05) is 41.3 Å². The number of esters is 1. The first-order valence-corrected chi connectivity index (χ1v) is 7.82. The van der Waals surface area contributed by atoms with Crippen molar-refractivity contribution in [3.63, 3.8) is 0 Å². The maximum absolute atomic E-state index is 12.8. The largest absolute Gasteiger partial charge is 0.466 e. The SMILES string of the molecule is COC(=O)C1=CCC[C@@H]2C(=O)N(Cc3ccccc3)CC[C@H]12. The maximum atomic E-state index is 12.8. The van der Waals surface area contributed by atoms with Crippen molar-refractivity contribution >= 4 is 11.9 Å². The fraction of sp³-hybridized carbons (Fsp3) is 0.444. The molecule has 1 aromatic rings. The van der Waals surface area contributed by atoms with Gasteiger partial charge in [0.2, 0.25) is 5.91 Å². The molecule has 0 unspecified atom stereocenters. The topological polar surface area (TPSA) is 46.6 Å². The third-order valence-electron chi connectivity index (χ3n) is 4.70. The fourth-order valence-electron chi connectivity index (χ4n) is 3.59. The summed E-state index contributed by atoms with van der Waals surface area (Å²) in [6, 6.07) is 10.0. The van der Waals surface area contributed by atoms with Crippen LogP contribution in [0.4, 0.5) is 0 Å². The van der Waals surface area contributed by atoms with Crippen molar-refractivity contribution in [1.82, 2.24) is 4.90 Å². The minimum absolute atomic E-state index is 0.0284. The first kappa shape index (κ1) is 14.8. The molecule has 2 atom stereocenters. The zero-order valence-electron chi connectivity index (χ0n) is 12.8. The Morgan fingerprint density at radius 2 is 2.00 bits per heavy atom. The highest BCUT2D eigenvalue weighted by Gasteiger charge is 2.41. The first-order valence-electron chi connectivity index (χ1n) is 7.82. The van der Waals surface area contributed by atoms with Crippen LogP contribution in [0, 0.1) is 11.8 Å². The van der Waals surface area contributed by atoms with Crippen molar-refractivity contribution < 1.29 is 14.3 Å². The molecule has 1 amide bonds. The third-order valence-corrected chi connectivity index (χ3v) is 4.70. The number of methoxy groups -OCH3 is 1. The van der Waals surface area contributed by atoms with Gasteiger partial charge in [0, 0.05) is 30.5 Å². The van der Waals surface area contributed by atoms with Gasteiger partial charge in [-0.3, -0.25) is 4.79 Å². The van der Waals surface area contributed by atoms with Crippen LogP contribution in [0.5, 0.6) is 0 Å². The lowest BCUT2D eigenvalue weighted by Crippen LogP contribution is -2.47. The number of carbonyl (C=O) groups excluding carboxylic acids is 2. The van der Waals surface area contributed by atoms with E-state index in [0.29, 0.717) is 18.7 Å². The molecule has 1 aliphatic carbocycles. The Bertz CT molecular complexity index is 594. The normalized spacial score (nSPS) is 24.5. The van der Waals surface area contributed by atoms with E-state index in [-0.39, 0.29) is 23.7 Å². The lowest BCUT2D eigenvalue weighted by molar-refractivity contribution is -0.143. The molecule has 1 saturated heterocycles. The fourth-order valence-corrected chi connectivity index (χ4v) is 3.59. The minimum Gasteiger partial charge on any atom is -0.466 e. The molecule has 0 bridgehead atoms. The van der Waals surface area contributed by atoms with Crippen molar-refractivity contribution in [2.24, 2.45) is 11.8 Å². The van der Waals surface area contributed by atoms with Gasteiger partial charge in [-0.05, 0) is 24.8 Å². The van der Waals surface area contributed by atoms with Gasteiger partial charge in [0.15, 0.2) is 0 Å². The molecule has 22 heavy (non-hydrogen) atoms. The number of benzene rings is 1. The predicted molar refractivity (Wildman–Crippen MR) is 82.8 cm³/mol. The van der Waals surface area contributed by atoms with E-state index < -0.39 is 0 Å². The number of hydrogen-bond acceptors (Lipinski definition) is 3. The van der Waals surface area contributed by atoms with Gasteiger partial charge < -0.3 is 9.64 Å². The van der Waals surface area contributed by atoms with Gasteiger partial charge in [-0.15, -0.1) is 0 Å². The van der Waals surface area contributed by atoms with Gasteiger partial charge in [-0.25, -0.2) is 4.79 Å². The van der Waals surface area contributed by atoms with E-state index in [1.54, 1.807) is 0 Å². The first-order chi connectivity index (χ1) is 10.7. The number of hydrogen-bond donors (Lipinski definition) is 0. The molecule has 1 aromatic carbocycles. The summed E-state index contributed by atoms with van der Waals surface area (Å²) in [6.45, 7) is 1.35. The molecule has 116 valence electrons. The Labute approximate surface area is 130 Å². The van der Waals surface area contributed by atoms with Crippen molar-refractivity contribution in [3.05, 3.63) is 47.5 Å². The molecule has 3 rings (SSSR count). The lowest BCUT2D eigenvalue weighted by atomic mass is 9.73. The summed E-state index contributed by atoms with van der Waals surface area (Å²) >= 11 is 0. The quantitative estimate of drug-likeness (QED) is 0.806. The molecule has 0 N–H and O–H groups in total. The number of allylic oxidation sites excluding steroid dienone is 1. The van der Waals surface area contributed by atoms with Crippen molar-refractivity contribution in [2.75, 3.05) is 13.7 Å². The van der Waals surface area contributed by atoms with Gasteiger partial charge in [-0.2, -0.15) is 0 Å². The summed E-state index contributed by atoms with van der Waals surface area (Å²) in [6.07, 6.45) is 4.39. The Hall–Kier alpha value is -2.10. The molecule has 0 aromatic heterocycles. The molecule has 2 aliphatic rings. The molecule has 4 heteroatoms. The summed E-state index contributed by atoms with van der Waals surface area (Å²) < 4.78 is 4.86. The molecule has 1 aliphatic heterocycles. The molecular weight excluding hydrogens is 278 g/mol. The Morgan fingerprint density at radius 3 is 2.73 bits per heavy atom. The number of piperidine rings is 1. The van der Waals surface area contributed by atoms with Crippen LogP contribution in [-0.4, -0.2) is 30.4 Å². The summed E-state index contributed by atoms with van der Waals surface area (Å²) in [7, 11) is 1.40. The average molecular weight is 299 g/mol. The molecule has 1 fully saturated rings. The number of rotatable bonds is 3. The maximum Gasteiger partial charge on any atom is 0.333 e. The van der Waals surface area contributed by atoms with Crippen LogP contribution in [0.25, 0.3) is 0 Å². The Morgan fingerprint density at radius 1 is 1.23 bits per heavy atom. The molecule has 0 saturated carbocycles. The van der Waals surface area contributed by atoms with Crippen LogP contribution in [-0.2, 0) is 20.9 Å². The molecule has 0 radical (unpaired) electrons. The zero-order chi connectivity index (χ0) is 15.5. The van der Waals surface area contributed by atoms with Gasteiger partial charge in [0.1, 0.15) is 0 Å². The highest BCUT2D eigenvalue weighted by atomic mass is 16.5. The van der Waals surface area contributed by atoms with Crippen molar-refractivity contribution in [3.8, 4) is 0 Å². The van der Waals surface area contributed by atoms with Crippen molar-refractivity contribution in [2.45, 2.75) is 25.8 Å². The van der Waals surface area contributed by atoms with Crippen LogP contribution >= 0.6 is 0 Å². The van der Waals surface area contributed by atoms with E-state index in [2.05, 4.69) is 0 Å². The Balaban J connectivity index is 1.74. The minimum atomic E-state index is -0.279. The number of nitrogens with zero attached hydrogens (tertiary/aromatic N) is 1. The number of amides is 1. The van der Waals surface area contributed by atoms with Gasteiger partial charge in [0.25, 0.3) is 0 Å². The molecule has 1 heterocycles.